The Morgan fingerprint density at radius 2 is 1.90 bits per heavy atom. The maximum atomic E-state index is 13.6. The molecule has 0 atom stereocenters. The molecule has 2 heterocycles. The van der Waals surface area contributed by atoms with Crippen LogP contribution in [0.2, 0.25) is 0 Å². The number of hydrogen-bond acceptors (Lipinski definition) is 6. The van der Waals surface area contributed by atoms with E-state index in [-0.39, 0.29) is 17.4 Å². The normalized spacial score (nSPS) is 11.0. The van der Waals surface area contributed by atoms with Gasteiger partial charge in [0.1, 0.15) is 11.6 Å². The second-order valence-corrected chi connectivity index (χ2v) is 7.84. The number of carbonyl (C=O) groups excluding carboxylic acids is 1. The Balaban J connectivity index is 1.47. The Labute approximate surface area is 183 Å². The van der Waals surface area contributed by atoms with Crippen LogP contribution in [0.5, 0.6) is 5.75 Å². The molecule has 0 saturated heterocycles. The van der Waals surface area contributed by atoms with Crippen molar-refractivity contribution in [2.75, 3.05) is 12.9 Å². The molecule has 31 heavy (non-hydrogen) atoms. The van der Waals surface area contributed by atoms with E-state index in [1.165, 1.54) is 23.9 Å². The summed E-state index contributed by atoms with van der Waals surface area (Å²) in [5.74, 6) is 0.876. The third-order valence-corrected chi connectivity index (χ3v) is 5.69. The summed E-state index contributed by atoms with van der Waals surface area (Å²) < 4.78 is 26.3. The van der Waals surface area contributed by atoms with E-state index in [0.29, 0.717) is 22.4 Å². The maximum absolute atomic E-state index is 13.6. The van der Waals surface area contributed by atoms with Gasteiger partial charge in [0, 0.05) is 28.2 Å². The molecular weight excluding hydrogens is 417 g/mol. The van der Waals surface area contributed by atoms with Crippen molar-refractivity contribution in [1.29, 1.82) is 0 Å². The number of thioether (sulfide) groups is 1. The average Bonchev–Trinajstić information content (AvgIpc) is 3.36. The fourth-order valence-corrected chi connectivity index (χ4v) is 4.03. The zero-order valence-corrected chi connectivity index (χ0v) is 18.1. The summed E-state index contributed by atoms with van der Waals surface area (Å²) in [6.45, 7) is 3.74. The summed E-state index contributed by atoms with van der Waals surface area (Å²) in [4.78, 5) is 12.8. The summed E-state index contributed by atoms with van der Waals surface area (Å²) in [6.07, 6.45) is 0. The van der Waals surface area contributed by atoms with E-state index >= 15 is 0 Å². The van der Waals surface area contributed by atoms with Gasteiger partial charge in [0.25, 0.3) is 5.22 Å². The first kappa shape index (κ1) is 20.9. The zero-order valence-electron chi connectivity index (χ0n) is 17.3. The first-order chi connectivity index (χ1) is 15.0. The number of carbonyl (C=O) groups is 1. The monoisotopic (exact) mass is 437 g/mol. The molecule has 4 aromatic rings. The van der Waals surface area contributed by atoms with Gasteiger partial charge in [-0.2, -0.15) is 0 Å². The number of methoxy groups -OCH3 is 1. The highest BCUT2D eigenvalue weighted by molar-refractivity contribution is 7.99. The lowest BCUT2D eigenvalue weighted by Crippen LogP contribution is -2.05. The number of halogens is 1. The van der Waals surface area contributed by atoms with Crippen LogP contribution in [0.25, 0.3) is 17.1 Å². The highest BCUT2D eigenvalue weighted by atomic mass is 32.2. The van der Waals surface area contributed by atoms with Crippen molar-refractivity contribution in [2.45, 2.75) is 19.1 Å². The molecule has 0 unspecified atom stereocenters. The van der Waals surface area contributed by atoms with Gasteiger partial charge in [-0.05, 0) is 62.4 Å². The van der Waals surface area contributed by atoms with Gasteiger partial charge in [0.2, 0.25) is 5.89 Å². The van der Waals surface area contributed by atoms with Crippen LogP contribution in [-0.2, 0) is 0 Å². The van der Waals surface area contributed by atoms with Gasteiger partial charge in [0.15, 0.2) is 5.78 Å². The second-order valence-electron chi connectivity index (χ2n) is 6.91. The summed E-state index contributed by atoms with van der Waals surface area (Å²) in [5, 5.41) is 8.38. The van der Waals surface area contributed by atoms with Crippen molar-refractivity contribution in [2.24, 2.45) is 0 Å². The zero-order chi connectivity index (χ0) is 22.0. The third kappa shape index (κ3) is 4.39. The van der Waals surface area contributed by atoms with Crippen molar-refractivity contribution >= 4 is 17.5 Å². The molecule has 0 spiro atoms. The minimum Gasteiger partial charge on any atom is -0.497 e. The Hall–Kier alpha value is -3.39. The van der Waals surface area contributed by atoms with E-state index in [1.54, 1.807) is 13.2 Å². The number of aromatic nitrogens is 3. The van der Waals surface area contributed by atoms with Crippen LogP contribution < -0.4 is 4.74 Å². The van der Waals surface area contributed by atoms with E-state index in [4.69, 9.17) is 9.15 Å². The fraction of sp³-hybridized carbons (Fsp3) is 0.174. The number of rotatable bonds is 7. The van der Waals surface area contributed by atoms with E-state index in [1.807, 2.05) is 54.8 Å². The van der Waals surface area contributed by atoms with Crippen molar-refractivity contribution in [3.05, 3.63) is 77.4 Å². The van der Waals surface area contributed by atoms with E-state index in [9.17, 15) is 9.18 Å². The molecule has 0 amide bonds. The minimum absolute atomic E-state index is 0.0649. The predicted octanol–water partition coefficient (Wildman–Crippen LogP) is 5.27. The quantitative estimate of drug-likeness (QED) is 0.290. The van der Waals surface area contributed by atoms with Crippen LogP contribution in [0.4, 0.5) is 4.39 Å². The standard InChI is InChI=1S/C23H20FN3O3S/c1-14-11-20(15(2)27(14)18-6-4-5-17(24)12-18)21(28)13-31-23-26-25-22(30-23)16-7-9-19(29-3)10-8-16/h4-12H,13H2,1-3H3. The maximum Gasteiger partial charge on any atom is 0.277 e. The van der Waals surface area contributed by atoms with Gasteiger partial charge in [-0.25, -0.2) is 4.39 Å². The minimum atomic E-state index is -0.322. The Kier molecular flexibility index (Phi) is 5.90. The van der Waals surface area contributed by atoms with Crippen LogP contribution in [0.1, 0.15) is 21.7 Å². The molecule has 0 N–H and O–H groups in total. The highest BCUT2D eigenvalue weighted by Crippen LogP contribution is 2.27. The van der Waals surface area contributed by atoms with Crippen molar-refractivity contribution in [1.82, 2.24) is 14.8 Å². The first-order valence-electron chi connectivity index (χ1n) is 9.55. The van der Waals surface area contributed by atoms with Crippen LogP contribution in [-0.4, -0.2) is 33.4 Å². The molecule has 8 heteroatoms. The largest absolute Gasteiger partial charge is 0.497 e. The lowest BCUT2D eigenvalue weighted by Gasteiger charge is -2.09. The van der Waals surface area contributed by atoms with E-state index in [0.717, 1.165) is 22.7 Å². The first-order valence-corrected chi connectivity index (χ1v) is 10.5. The lowest BCUT2D eigenvalue weighted by molar-refractivity contribution is 0.102. The van der Waals surface area contributed by atoms with E-state index in [2.05, 4.69) is 10.2 Å². The molecule has 0 radical (unpaired) electrons. The Bertz CT molecular complexity index is 1230. The lowest BCUT2D eigenvalue weighted by atomic mass is 10.2. The van der Waals surface area contributed by atoms with Gasteiger partial charge in [-0.3, -0.25) is 4.79 Å². The number of benzene rings is 2. The van der Waals surface area contributed by atoms with Gasteiger partial charge in [-0.15, -0.1) is 10.2 Å². The SMILES string of the molecule is COc1ccc(-c2nnc(SCC(=O)c3cc(C)n(-c4cccc(F)c4)c3C)o2)cc1. The molecule has 6 nitrogen and oxygen atoms in total. The number of ether oxygens (including phenoxy) is 1. The molecule has 2 aromatic carbocycles. The van der Waals surface area contributed by atoms with Crippen LogP contribution in [0.15, 0.2) is 64.2 Å². The summed E-state index contributed by atoms with van der Waals surface area (Å²) >= 11 is 1.18. The van der Waals surface area contributed by atoms with Crippen LogP contribution >= 0.6 is 11.8 Å². The predicted molar refractivity (Wildman–Crippen MR) is 117 cm³/mol. The molecule has 0 saturated carbocycles. The molecule has 0 fully saturated rings. The molecule has 0 aliphatic carbocycles. The smallest absolute Gasteiger partial charge is 0.277 e. The summed E-state index contributed by atoms with van der Waals surface area (Å²) in [6, 6.07) is 15.4. The number of ketones is 1. The number of Topliss-reactive ketones (excluding diaryl/α,β-unsaturated/α-hetero) is 1. The third-order valence-electron chi connectivity index (χ3n) is 4.87. The van der Waals surface area contributed by atoms with Gasteiger partial charge in [-0.1, -0.05) is 17.8 Å². The summed E-state index contributed by atoms with van der Waals surface area (Å²) in [5.41, 5.74) is 3.66. The molecule has 0 bridgehead atoms. The molecule has 4 rings (SSSR count). The Morgan fingerprint density at radius 3 is 2.61 bits per heavy atom. The average molecular weight is 437 g/mol. The molecule has 0 aliphatic rings. The Morgan fingerprint density at radius 1 is 1.13 bits per heavy atom. The van der Waals surface area contributed by atoms with Crippen molar-refractivity contribution in [3.8, 4) is 22.9 Å². The molecule has 158 valence electrons. The van der Waals surface area contributed by atoms with E-state index < -0.39 is 0 Å². The fourth-order valence-electron chi connectivity index (χ4n) is 3.38. The van der Waals surface area contributed by atoms with Crippen LogP contribution in [0.3, 0.4) is 0 Å². The number of aryl methyl sites for hydroxylation is 1. The highest BCUT2D eigenvalue weighted by Gasteiger charge is 2.18. The van der Waals surface area contributed by atoms with Gasteiger partial charge < -0.3 is 13.7 Å². The molecule has 2 aromatic heterocycles. The molecular formula is C23H20FN3O3S. The van der Waals surface area contributed by atoms with Gasteiger partial charge >= 0.3 is 0 Å². The number of nitrogens with zero attached hydrogens (tertiary/aromatic N) is 3. The number of hydrogen-bond donors (Lipinski definition) is 0. The second kappa shape index (κ2) is 8.77. The molecule has 0 aliphatic heterocycles. The van der Waals surface area contributed by atoms with Crippen molar-refractivity contribution in [3.63, 3.8) is 0 Å². The van der Waals surface area contributed by atoms with Crippen LogP contribution in [0, 0.1) is 19.7 Å². The topological polar surface area (TPSA) is 70.2 Å². The van der Waals surface area contributed by atoms with Crippen molar-refractivity contribution < 1.29 is 18.3 Å². The van der Waals surface area contributed by atoms with Gasteiger partial charge in [0.05, 0.1) is 12.9 Å². The summed E-state index contributed by atoms with van der Waals surface area (Å²) in [7, 11) is 1.60.